The number of carbonyl (C=O) groups excluding carboxylic acids is 1. The number of hydrogen-bond acceptors (Lipinski definition) is 5. The minimum atomic E-state index is -0.505. The Morgan fingerprint density at radius 3 is 2.48 bits per heavy atom. The van der Waals surface area contributed by atoms with Crippen LogP contribution in [-0.4, -0.2) is 20.8 Å². The van der Waals surface area contributed by atoms with Crippen LogP contribution in [0.5, 0.6) is 0 Å². The minimum absolute atomic E-state index is 0.0541. The molecule has 0 saturated heterocycles. The number of nitrogens with zero attached hydrogens (tertiary/aromatic N) is 2. The smallest absolute Gasteiger partial charge is 0.274 e. The van der Waals surface area contributed by atoms with E-state index in [4.69, 9.17) is 12.2 Å². The van der Waals surface area contributed by atoms with Crippen molar-refractivity contribution in [1.82, 2.24) is 9.97 Å². The van der Waals surface area contributed by atoms with Gasteiger partial charge in [0.15, 0.2) is 4.77 Å². The molecule has 1 amide bonds. The van der Waals surface area contributed by atoms with Crippen LogP contribution in [0.2, 0.25) is 0 Å². The Bertz CT molecular complexity index is 1060. The molecule has 1 heterocycles. The van der Waals surface area contributed by atoms with Gasteiger partial charge in [-0.25, -0.2) is 4.98 Å². The first-order valence-corrected chi connectivity index (χ1v) is 8.32. The summed E-state index contributed by atoms with van der Waals surface area (Å²) in [6.07, 6.45) is 3.69. The lowest BCUT2D eigenvalue weighted by atomic mass is 10.2. The molecule has 27 heavy (non-hydrogen) atoms. The van der Waals surface area contributed by atoms with Crippen molar-refractivity contribution in [3.8, 4) is 0 Å². The monoisotopic (exact) mass is 378 g/mol. The number of H-pyrrole nitrogens is 1. The average molecular weight is 378 g/mol. The number of amides is 1. The molecule has 0 atom stereocenters. The van der Waals surface area contributed by atoms with E-state index in [1.54, 1.807) is 12.1 Å². The maximum absolute atomic E-state index is 12.4. The standard InChI is InChI=1S/C19H14N4O3S/c24-18(20-14-8-10-16(11-9-14)23(25)26)17-12-15(21-19(27)22-17)7-6-13-4-2-1-3-5-13/h1-12H,(H,20,24)(H,21,22,27)/b7-6+. The number of carbonyl (C=O) groups is 1. The summed E-state index contributed by atoms with van der Waals surface area (Å²) in [4.78, 5) is 29.6. The SMILES string of the molecule is O=C(Nc1ccc([N+](=O)[O-])cc1)c1cc(/C=C/c2ccccc2)[nH]c(=S)n1. The summed E-state index contributed by atoms with van der Waals surface area (Å²) in [6, 6.07) is 16.8. The van der Waals surface area contributed by atoms with Crippen molar-refractivity contribution in [2.24, 2.45) is 0 Å². The lowest BCUT2D eigenvalue weighted by Crippen LogP contribution is -2.14. The highest BCUT2D eigenvalue weighted by Gasteiger charge is 2.10. The van der Waals surface area contributed by atoms with Crippen LogP contribution in [0.25, 0.3) is 12.2 Å². The summed E-state index contributed by atoms with van der Waals surface area (Å²) in [5.74, 6) is -0.460. The van der Waals surface area contributed by atoms with Crippen LogP contribution in [0, 0.1) is 14.9 Å². The van der Waals surface area contributed by atoms with E-state index < -0.39 is 10.8 Å². The Kier molecular flexibility index (Phi) is 5.48. The number of nitro benzene ring substituents is 1. The Balaban J connectivity index is 1.78. The number of non-ortho nitro benzene ring substituents is 1. The molecule has 0 bridgehead atoms. The highest BCUT2D eigenvalue weighted by atomic mass is 32.1. The zero-order valence-corrected chi connectivity index (χ0v) is 14.8. The van der Waals surface area contributed by atoms with E-state index in [0.717, 1.165) is 5.56 Å². The van der Waals surface area contributed by atoms with Gasteiger partial charge >= 0.3 is 0 Å². The molecule has 2 aromatic carbocycles. The molecule has 2 N–H and O–H groups in total. The van der Waals surface area contributed by atoms with Crippen LogP contribution in [0.15, 0.2) is 60.7 Å². The van der Waals surface area contributed by atoms with E-state index in [-0.39, 0.29) is 16.2 Å². The number of benzene rings is 2. The fourth-order valence-electron chi connectivity index (χ4n) is 2.29. The first-order valence-electron chi connectivity index (χ1n) is 7.91. The van der Waals surface area contributed by atoms with Crippen molar-refractivity contribution in [2.45, 2.75) is 0 Å². The van der Waals surface area contributed by atoms with Crippen LogP contribution in [0.4, 0.5) is 11.4 Å². The lowest BCUT2D eigenvalue weighted by molar-refractivity contribution is -0.384. The van der Waals surface area contributed by atoms with Gasteiger partial charge in [0, 0.05) is 23.5 Å². The Morgan fingerprint density at radius 2 is 1.81 bits per heavy atom. The van der Waals surface area contributed by atoms with Crippen molar-refractivity contribution in [3.05, 3.63) is 92.5 Å². The third-order valence-electron chi connectivity index (χ3n) is 3.59. The van der Waals surface area contributed by atoms with Crippen LogP contribution in [0.1, 0.15) is 21.7 Å². The first kappa shape index (κ1) is 18.2. The van der Waals surface area contributed by atoms with Gasteiger partial charge in [-0.2, -0.15) is 0 Å². The maximum Gasteiger partial charge on any atom is 0.274 e. The molecular formula is C19H14N4O3S. The fraction of sp³-hybridized carbons (Fsp3) is 0. The van der Waals surface area contributed by atoms with Crippen molar-refractivity contribution in [3.63, 3.8) is 0 Å². The Morgan fingerprint density at radius 1 is 1.11 bits per heavy atom. The molecular weight excluding hydrogens is 364 g/mol. The second kappa shape index (κ2) is 8.15. The fourth-order valence-corrected chi connectivity index (χ4v) is 2.51. The van der Waals surface area contributed by atoms with Crippen molar-refractivity contribution >= 4 is 41.7 Å². The Hall–Kier alpha value is -3.65. The van der Waals surface area contributed by atoms with Crippen LogP contribution >= 0.6 is 12.2 Å². The van der Waals surface area contributed by atoms with Gasteiger partial charge in [0.05, 0.1) is 4.92 Å². The summed E-state index contributed by atoms with van der Waals surface area (Å²) in [5, 5.41) is 13.3. The predicted molar refractivity (Wildman–Crippen MR) is 106 cm³/mol. The molecule has 8 heteroatoms. The highest BCUT2D eigenvalue weighted by molar-refractivity contribution is 7.71. The summed E-state index contributed by atoms with van der Waals surface area (Å²) < 4.78 is 0.180. The van der Waals surface area contributed by atoms with Gasteiger partial charge in [-0.3, -0.25) is 14.9 Å². The van der Waals surface area contributed by atoms with E-state index in [2.05, 4.69) is 15.3 Å². The summed E-state index contributed by atoms with van der Waals surface area (Å²) >= 11 is 5.09. The topological polar surface area (TPSA) is 101 Å². The molecule has 0 fully saturated rings. The van der Waals surface area contributed by atoms with Crippen LogP contribution in [-0.2, 0) is 0 Å². The normalized spacial score (nSPS) is 10.7. The number of anilines is 1. The molecule has 0 radical (unpaired) electrons. The second-order valence-corrected chi connectivity index (χ2v) is 5.92. The van der Waals surface area contributed by atoms with Crippen molar-refractivity contribution in [2.75, 3.05) is 5.32 Å². The molecule has 1 aromatic heterocycles. The molecule has 3 rings (SSSR count). The number of nitro groups is 1. The molecule has 0 saturated carbocycles. The summed E-state index contributed by atoms with van der Waals surface area (Å²) in [7, 11) is 0. The van der Waals surface area contributed by atoms with Gasteiger partial charge < -0.3 is 10.3 Å². The van der Waals surface area contributed by atoms with E-state index in [0.29, 0.717) is 11.4 Å². The average Bonchev–Trinajstić information content (AvgIpc) is 2.67. The third kappa shape index (κ3) is 4.93. The van der Waals surface area contributed by atoms with Crippen LogP contribution < -0.4 is 5.32 Å². The van der Waals surface area contributed by atoms with Gasteiger partial charge in [0.25, 0.3) is 11.6 Å². The lowest BCUT2D eigenvalue weighted by Gasteiger charge is -2.05. The van der Waals surface area contributed by atoms with Gasteiger partial charge in [-0.05, 0) is 42.1 Å². The van der Waals surface area contributed by atoms with Crippen LogP contribution in [0.3, 0.4) is 0 Å². The molecule has 0 aliphatic rings. The van der Waals surface area contributed by atoms with E-state index in [1.807, 2.05) is 36.4 Å². The minimum Gasteiger partial charge on any atom is -0.331 e. The zero-order chi connectivity index (χ0) is 19.2. The molecule has 0 spiro atoms. The molecule has 3 aromatic rings. The number of aromatic nitrogens is 2. The molecule has 0 aliphatic heterocycles. The van der Waals surface area contributed by atoms with Gasteiger partial charge in [0.2, 0.25) is 0 Å². The summed E-state index contributed by atoms with van der Waals surface area (Å²) in [5.41, 5.74) is 2.15. The highest BCUT2D eigenvalue weighted by Crippen LogP contribution is 2.16. The molecule has 0 aliphatic carbocycles. The van der Waals surface area contributed by atoms with Gasteiger partial charge in [-0.15, -0.1) is 0 Å². The molecule has 7 nitrogen and oxygen atoms in total. The number of hydrogen-bond donors (Lipinski definition) is 2. The van der Waals surface area contributed by atoms with Crippen molar-refractivity contribution < 1.29 is 9.72 Å². The molecule has 134 valence electrons. The largest absolute Gasteiger partial charge is 0.331 e. The summed E-state index contributed by atoms with van der Waals surface area (Å²) in [6.45, 7) is 0. The van der Waals surface area contributed by atoms with Crippen molar-refractivity contribution in [1.29, 1.82) is 0 Å². The number of nitrogens with one attached hydrogen (secondary N) is 2. The van der Waals surface area contributed by atoms with E-state index >= 15 is 0 Å². The molecule has 0 unspecified atom stereocenters. The number of rotatable bonds is 5. The third-order valence-corrected chi connectivity index (χ3v) is 3.78. The number of aromatic amines is 1. The van der Waals surface area contributed by atoms with E-state index in [1.165, 1.54) is 24.3 Å². The van der Waals surface area contributed by atoms with Gasteiger partial charge in [0.1, 0.15) is 5.69 Å². The predicted octanol–water partition coefficient (Wildman–Crippen LogP) is 4.47. The second-order valence-electron chi connectivity index (χ2n) is 5.53. The quantitative estimate of drug-likeness (QED) is 0.387. The van der Waals surface area contributed by atoms with E-state index in [9.17, 15) is 14.9 Å². The Labute approximate surface area is 159 Å². The maximum atomic E-state index is 12.4. The van der Waals surface area contributed by atoms with Gasteiger partial charge in [-0.1, -0.05) is 36.4 Å². The first-order chi connectivity index (χ1) is 13.0. The zero-order valence-electron chi connectivity index (χ0n) is 14.0.